The highest BCUT2D eigenvalue weighted by molar-refractivity contribution is 5.70. The highest BCUT2D eigenvalue weighted by Gasteiger charge is 2.26. The lowest BCUT2D eigenvalue weighted by Crippen LogP contribution is -2.35. The van der Waals surface area contributed by atoms with Crippen LogP contribution < -0.4 is 5.32 Å². The van der Waals surface area contributed by atoms with Gasteiger partial charge in [-0.05, 0) is 26.2 Å². The van der Waals surface area contributed by atoms with Crippen molar-refractivity contribution in [2.24, 2.45) is 5.92 Å². The quantitative estimate of drug-likeness (QED) is 0.700. The first-order valence-electron chi connectivity index (χ1n) is 4.74. The van der Waals surface area contributed by atoms with Gasteiger partial charge in [-0.2, -0.15) is 0 Å². The minimum absolute atomic E-state index is 0.161. The highest BCUT2D eigenvalue weighted by Crippen LogP contribution is 2.24. The van der Waals surface area contributed by atoms with Gasteiger partial charge in [0.15, 0.2) is 0 Å². The van der Waals surface area contributed by atoms with Gasteiger partial charge in [-0.3, -0.25) is 4.79 Å². The number of hydrogen-bond donors (Lipinski definition) is 2. The molecule has 0 radical (unpaired) electrons. The van der Waals surface area contributed by atoms with Gasteiger partial charge in [0.2, 0.25) is 0 Å². The van der Waals surface area contributed by atoms with Gasteiger partial charge in [-0.1, -0.05) is 13.0 Å². The van der Waals surface area contributed by atoms with Crippen molar-refractivity contribution in [3.8, 4) is 0 Å². The number of aliphatic carboxylic acids is 1. The summed E-state index contributed by atoms with van der Waals surface area (Å²) in [6, 6.07) is 0.312. The first-order valence-corrected chi connectivity index (χ1v) is 4.74. The number of carboxylic acids is 1. The van der Waals surface area contributed by atoms with E-state index in [0.29, 0.717) is 6.04 Å². The molecule has 1 aliphatic carbocycles. The molecule has 1 fully saturated rings. The number of nitrogens with one attached hydrogen (secondary N) is 1. The van der Waals surface area contributed by atoms with E-state index in [9.17, 15) is 4.79 Å². The van der Waals surface area contributed by atoms with Crippen LogP contribution in [0.3, 0.4) is 0 Å². The Bertz CT molecular complexity index is 213. The number of allylic oxidation sites excluding steroid dienone is 1. The topological polar surface area (TPSA) is 49.3 Å². The average Bonchev–Trinajstić information content (AvgIpc) is 2.03. The molecule has 0 aromatic rings. The molecular weight excluding hydrogens is 166 g/mol. The lowest BCUT2D eigenvalue weighted by Gasteiger charge is -2.28. The molecule has 1 saturated carbocycles. The minimum Gasteiger partial charge on any atom is -0.481 e. The molecule has 3 nitrogen and oxygen atoms in total. The SMILES string of the molecule is C=C(C)NC1CCCC(C(=O)O)C1. The van der Waals surface area contributed by atoms with Crippen molar-refractivity contribution >= 4 is 5.97 Å². The van der Waals surface area contributed by atoms with Gasteiger partial charge in [0.25, 0.3) is 0 Å². The molecule has 0 aliphatic heterocycles. The molecule has 0 amide bonds. The Balaban J connectivity index is 2.41. The Kier molecular flexibility index (Phi) is 3.34. The summed E-state index contributed by atoms with van der Waals surface area (Å²) < 4.78 is 0. The van der Waals surface area contributed by atoms with Crippen LogP contribution in [0.1, 0.15) is 32.6 Å². The minimum atomic E-state index is -0.659. The number of carboxylic acid groups (broad SMARTS) is 1. The average molecular weight is 183 g/mol. The van der Waals surface area contributed by atoms with E-state index in [0.717, 1.165) is 31.4 Å². The van der Waals surface area contributed by atoms with Gasteiger partial charge >= 0.3 is 5.97 Å². The fraction of sp³-hybridized carbons (Fsp3) is 0.700. The zero-order valence-corrected chi connectivity index (χ0v) is 8.05. The Labute approximate surface area is 78.8 Å². The summed E-state index contributed by atoms with van der Waals surface area (Å²) in [6.45, 7) is 5.67. The summed E-state index contributed by atoms with van der Waals surface area (Å²) >= 11 is 0. The van der Waals surface area contributed by atoms with Crippen molar-refractivity contribution in [2.45, 2.75) is 38.6 Å². The standard InChI is InChI=1S/C10H17NO2/c1-7(2)11-9-5-3-4-8(6-9)10(12)13/h8-9,11H,1,3-6H2,2H3,(H,12,13). The van der Waals surface area contributed by atoms with E-state index in [2.05, 4.69) is 11.9 Å². The summed E-state index contributed by atoms with van der Waals surface area (Å²) in [5.74, 6) is -0.821. The molecule has 13 heavy (non-hydrogen) atoms. The van der Waals surface area contributed by atoms with E-state index in [1.807, 2.05) is 6.92 Å². The lowest BCUT2D eigenvalue weighted by molar-refractivity contribution is -0.143. The van der Waals surface area contributed by atoms with Gasteiger partial charge in [-0.25, -0.2) is 0 Å². The molecule has 2 atom stereocenters. The zero-order valence-electron chi connectivity index (χ0n) is 8.05. The van der Waals surface area contributed by atoms with Crippen LogP contribution in [0.2, 0.25) is 0 Å². The van der Waals surface area contributed by atoms with Crippen LogP contribution in [-0.2, 0) is 4.79 Å². The fourth-order valence-corrected chi connectivity index (χ4v) is 1.89. The Morgan fingerprint density at radius 3 is 2.77 bits per heavy atom. The first-order chi connectivity index (χ1) is 6.09. The van der Waals surface area contributed by atoms with E-state index in [-0.39, 0.29) is 5.92 Å². The van der Waals surface area contributed by atoms with Crippen molar-refractivity contribution in [3.63, 3.8) is 0 Å². The van der Waals surface area contributed by atoms with Crippen molar-refractivity contribution in [1.82, 2.24) is 5.32 Å². The van der Waals surface area contributed by atoms with Crippen molar-refractivity contribution < 1.29 is 9.90 Å². The van der Waals surface area contributed by atoms with Crippen LogP contribution >= 0.6 is 0 Å². The molecule has 0 spiro atoms. The van der Waals surface area contributed by atoms with E-state index >= 15 is 0 Å². The molecule has 0 aromatic carbocycles. The second-order valence-electron chi connectivity index (χ2n) is 3.82. The molecule has 0 aromatic heterocycles. The Hall–Kier alpha value is -0.990. The molecule has 2 N–H and O–H groups in total. The van der Waals surface area contributed by atoms with Gasteiger partial charge < -0.3 is 10.4 Å². The molecule has 3 heteroatoms. The van der Waals surface area contributed by atoms with Crippen molar-refractivity contribution in [1.29, 1.82) is 0 Å². The summed E-state index contributed by atoms with van der Waals surface area (Å²) in [6.07, 6.45) is 3.63. The Morgan fingerprint density at radius 1 is 1.54 bits per heavy atom. The van der Waals surface area contributed by atoms with Gasteiger partial charge in [-0.15, -0.1) is 0 Å². The number of rotatable bonds is 3. The molecule has 74 valence electrons. The van der Waals surface area contributed by atoms with E-state index < -0.39 is 5.97 Å². The van der Waals surface area contributed by atoms with Crippen LogP contribution in [0.15, 0.2) is 12.3 Å². The van der Waals surface area contributed by atoms with Crippen molar-refractivity contribution in [3.05, 3.63) is 12.3 Å². The molecular formula is C10H17NO2. The highest BCUT2D eigenvalue weighted by atomic mass is 16.4. The van der Waals surface area contributed by atoms with E-state index in [1.165, 1.54) is 0 Å². The maximum atomic E-state index is 10.7. The number of carbonyl (C=O) groups is 1. The third-order valence-electron chi connectivity index (χ3n) is 2.47. The normalized spacial score (nSPS) is 28.1. The van der Waals surface area contributed by atoms with Crippen LogP contribution in [0.5, 0.6) is 0 Å². The van der Waals surface area contributed by atoms with Gasteiger partial charge in [0.1, 0.15) is 0 Å². The van der Waals surface area contributed by atoms with Crippen LogP contribution in [-0.4, -0.2) is 17.1 Å². The van der Waals surface area contributed by atoms with E-state index in [1.54, 1.807) is 0 Å². The summed E-state index contributed by atoms with van der Waals surface area (Å²) in [4.78, 5) is 10.7. The monoisotopic (exact) mass is 183 g/mol. The van der Waals surface area contributed by atoms with Crippen LogP contribution in [0, 0.1) is 5.92 Å². The molecule has 1 aliphatic rings. The summed E-state index contributed by atoms with van der Waals surface area (Å²) in [5.41, 5.74) is 0.927. The number of hydrogen-bond acceptors (Lipinski definition) is 2. The maximum Gasteiger partial charge on any atom is 0.306 e. The summed E-state index contributed by atoms with van der Waals surface area (Å²) in [7, 11) is 0. The van der Waals surface area contributed by atoms with E-state index in [4.69, 9.17) is 5.11 Å². The smallest absolute Gasteiger partial charge is 0.306 e. The molecule has 0 bridgehead atoms. The fourth-order valence-electron chi connectivity index (χ4n) is 1.89. The van der Waals surface area contributed by atoms with Gasteiger partial charge in [0, 0.05) is 11.7 Å². The molecule has 0 saturated heterocycles. The van der Waals surface area contributed by atoms with Crippen LogP contribution in [0.25, 0.3) is 0 Å². The molecule has 2 unspecified atom stereocenters. The molecule has 1 rings (SSSR count). The lowest BCUT2D eigenvalue weighted by atomic mass is 9.86. The second kappa shape index (κ2) is 4.30. The third-order valence-corrected chi connectivity index (χ3v) is 2.47. The second-order valence-corrected chi connectivity index (χ2v) is 3.82. The van der Waals surface area contributed by atoms with Gasteiger partial charge in [0.05, 0.1) is 5.92 Å². The van der Waals surface area contributed by atoms with Crippen molar-refractivity contribution in [2.75, 3.05) is 0 Å². The third kappa shape index (κ3) is 3.09. The largest absolute Gasteiger partial charge is 0.481 e. The van der Waals surface area contributed by atoms with Crippen LogP contribution in [0.4, 0.5) is 0 Å². The zero-order chi connectivity index (χ0) is 9.84. The summed E-state index contributed by atoms with van der Waals surface area (Å²) in [5, 5.41) is 12.0. The molecule has 0 heterocycles. The maximum absolute atomic E-state index is 10.7. The Morgan fingerprint density at radius 2 is 2.23 bits per heavy atom. The predicted octanol–water partition coefficient (Wildman–Crippen LogP) is 1.75. The predicted molar refractivity (Wildman–Crippen MR) is 51.3 cm³/mol. The first kappa shape index (κ1) is 10.1.